The highest BCUT2D eigenvalue weighted by molar-refractivity contribution is 7.88. The largest absolute Gasteiger partial charge is 0.305 e. The number of allylic oxidation sites excluding steroid dienone is 15. The van der Waals surface area contributed by atoms with Gasteiger partial charge < -0.3 is 4.57 Å². The molecular formula is C22H27O2P. The number of carbonyl (C=O) groups is 1. The van der Waals surface area contributed by atoms with Crippen molar-refractivity contribution in [1.29, 1.82) is 0 Å². The first-order valence-corrected chi connectivity index (χ1v) is 9.70. The molecule has 2 nitrogen and oxygen atoms in total. The molecule has 132 valence electrons. The maximum absolute atomic E-state index is 14.0. The Morgan fingerprint density at radius 3 is 1.96 bits per heavy atom. The van der Waals surface area contributed by atoms with Gasteiger partial charge in [0.1, 0.15) is 0 Å². The van der Waals surface area contributed by atoms with Gasteiger partial charge in [-0.1, -0.05) is 92.6 Å². The fourth-order valence-electron chi connectivity index (χ4n) is 2.12. The Kier molecular flexibility index (Phi) is 10.8. The average Bonchev–Trinajstić information content (AvgIpc) is 2.62. The van der Waals surface area contributed by atoms with Crippen LogP contribution in [-0.2, 0) is 9.36 Å². The van der Waals surface area contributed by atoms with Crippen LogP contribution < -0.4 is 0 Å². The Labute approximate surface area is 152 Å². The molecule has 0 aliphatic heterocycles. The van der Waals surface area contributed by atoms with E-state index in [9.17, 15) is 9.36 Å². The first kappa shape index (κ1) is 22.6. The van der Waals surface area contributed by atoms with E-state index in [4.69, 9.17) is 0 Å². The molecule has 0 radical (unpaired) electrons. The highest BCUT2D eigenvalue weighted by Gasteiger charge is 2.37. The second kappa shape index (κ2) is 12.0. The van der Waals surface area contributed by atoms with E-state index in [1.54, 1.807) is 74.6 Å². The average molecular weight is 354 g/mol. The molecular weight excluding hydrogens is 327 g/mol. The van der Waals surface area contributed by atoms with Crippen molar-refractivity contribution in [2.45, 2.75) is 20.8 Å². The maximum Gasteiger partial charge on any atom is 0.230 e. The summed E-state index contributed by atoms with van der Waals surface area (Å²) in [6.07, 6.45) is 19.7. The lowest BCUT2D eigenvalue weighted by Gasteiger charge is -2.20. The number of hydrogen-bond acceptors (Lipinski definition) is 2. The smallest absolute Gasteiger partial charge is 0.230 e. The molecule has 0 saturated carbocycles. The van der Waals surface area contributed by atoms with Gasteiger partial charge in [0.15, 0.2) is 0 Å². The van der Waals surface area contributed by atoms with Crippen LogP contribution in [0.4, 0.5) is 0 Å². The summed E-state index contributed by atoms with van der Waals surface area (Å²) in [7, 11) is -3.59. The van der Waals surface area contributed by atoms with Gasteiger partial charge in [-0.15, -0.1) is 0 Å². The summed E-state index contributed by atoms with van der Waals surface area (Å²) >= 11 is 0. The summed E-state index contributed by atoms with van der Waals surface area (Å²) in [5.74, 6) is 0. The molecule has 1 atom stereocenters. The SMILES string of the molecule is C=C/C=C\C(=C/C)P(=O)(C(=O)C(/C=C\C)=C/C=C)/C(C=C)=C/C=C\C. The zero-order chi connectivity index (χ0) is 19.3. The second-order valence-electron chi connectivity index (χ2n) is 4.90. The third kappa shape index (κ3) is 5.85. The molecule has 0 saturated heterocycles. The Hall–Kier alpha value is -2.44. The van der Waals surface area contributed by atoms with Crippen molar-refractivity contribution in [2.75, 3.05) is 0 Å². The van der Waals surface area contributed by atoms with Crippen molar-refractivity contribution < 1.29 is 9.36 Å². The molecule has 1 unspecified atom stereocenters. The highest BCUT2D eigenvalue weighted by Crippen LogP contribution is 2.63. The van der Waals surface area contributed by atoms with Crippen LogP contribution in [0.5, 0.6) is 0 Å². The Balaban J connectivity index is 6.77. The van der Waals surface area contributed by atoms with Crippen LogP contribution in [-0.4, -0.2) is 5.52 Å². The molecule has 0 amide bonds. The molecule has 0 N–H and O–H groups in total. The minimum Gasteiger partial charge on any atom is -0.305 e. The fraction of sp³-hybridized carbons (Fsp3) is 0.136. The van der Waals surface area contributed by atoms with Crippen LogP contribution in [0.2, 0.25) is 0 Å². The summed E-state index contributed by atoms with van der Waals surface area (Å²) in [6.45, 7) is 16.4. The lowest BCUT2D eigenvalue weighted by Crippen LogP contribution is -2.06. The minimum atomic E-state index is -3.59. The van der Waals surface area contributed by atoms with Gasteiger partial charge in [-0.05, 0) is 20.8 Å². The van der Waals surface area contributed by atoms with E-state index in [1.807, 2.05) is 6.92 Å². The van der Waals surface area contributed by atoms with Gasteiger partial charge in [0.05, 0.1) is 0 Å². The van der Waals surface area contributed by atoms with E-state index in [2.05, 4.69) is 19.7 Å². The quantitative estimate of drug-likeness (QED) is 0.244. The molecule has 0 spiro atoms. The standard InChI is InChI=1S/C22H27O2P/c1-7-13-17-20(11-5)25(24,21(12-6)18-14-8-2)22(23)19(15-9-3)16-10-4/h7-18H,1,3,6H2,2,4-5H3/b14-8-,16-10-,17-13-,19-15+,20-11+,21-18+. The van der Waals surface area contributed by atoms with Crippen LogP contribution in [0.1, 0.15) is 20.8 Å². The molecule has 0 bridgehead atoms. The molecule has 0 aliphatic carbocycles. The lowest BCUT2D eigenvalue weighted by atomic mass is 10.2. The van der Waals surface area contributed by atoms with E-state index in [0.717, 1.165) is 0 Å². The fourth-order valence-corrected chi connectivity index (χ4v) is 4.61. The molecule has 25 heavy (non-hydrogen) atoms. The molecule has 0 heterocycles. The molecule has 0 aromatic rings. The van der Waals surface area contributed by atoms with E-state index >= 15 is 0 Å². The van der Waals surface area contributed by atoms with E-state index < -0.39 is 12.7 Å². The molecule has 0 aromatic carbocycles. The van der Waals surface area contributed by atoms with Crippen molar-refractivity contribution >= 4 is 12.7 Å². The van der Waals surface area contributed by atoms with Crippen LogP contribution in [0, 0.1) is 0 Å². The second-order valence-corrected chi connectivity index (χ2v) is 7.56. The van der Waals surface area contributed by atoms with E-state index in [1.165, 1.54) is 12.2 Å². The van der Waals surface area contributed by atoms with Crippen LogP contribution in [0.15, 0.2) is 109 Å². The lowest BCUT2D eigenvalue weighted by molar-refractivity contribution is -0.108. The van der Waals surface area contributed by atoms with Crippen LogP contribution >= 0.6 is 7.14 Å². The molecule has 0 aromatic heterocycles. The van der Waals surface area contributed by atoms with Gasteiger partial charge in [0.2, 0.25) is 12.7 Å². The van der Waals surface area contributed by atoms with Gasteiger partial charge in [0.25, 0.3) is 0 Å². The summed E-state index contributed by atoms with van der Waals surface area (Å²) < 4.78 is 14.0. The van der Waals surface area contributed by atoms with Crippen LogP contribution in [0.3, 0.4) is 0 Å². The minimum absolute atomic E-state index is 0.334. The summed E-state index contributed by atoms with van der Waals surface area (Å²) in [5, 5.41) is 0.824. The van der Waals surface area contributed by atoms with Crippen molar-refractivity contribution in [2.24, 2.45) is 0 Å². The van der Waals surface area contributed by atoms with E-state index in [-0.39, 0.29) is 0 Å². The summed E-state index contributed by atoms with van der Waals surface area (Å²) in [6, 6.07) is 0. The van der Waals surface area contributed by atoms with Crippen LogP contribution in [0.25, 0.3) is 0 Å². The van der Waals surface area contributed by atoms with E-state index in [0.29, 0.717) is 16.2 Å². The first-order chi connectivity index (χ1) is 12.0. The van der Waals surface area contributed by atoms with Gasteiger partial charge in [-0.3, -0.25) is 4.79 Å². The van der Waals surface area contributed by atoms with Gasteiger partial charge >= 0.3 is 0 Å². The topological polar surface area (TPSA) is 34.1 Å². The first-order valence-electron chi connectivity index (χ1n) is 8.00. The Morgan fingerprint density at radius 1 is 0.840 bits per heavy atom. The maximum atomic E-state index is 14.0. The van der Waals surface area contributed by atoms with Crippen molar-refractivity contribution in [1.82, 2.24) is 0 Å². The number of hydrogen-bond donors (Lipinski definition) is 0. The highest BCUT2D eigenvalue weighted by atomic mass is 31.2. The zero-order valence-electron chi connectivity index (χ0n) is 15.3. The van der Waals surface area contributed by atoms with Crippen molar-refractivity contribution in [3.8, 4) is 0 Å². The molecule has 0 rings (SSSR count). The normalized spacial score (nSPS) is 16.4. The van der Waals surface area contributed by atoms with Gasteiger partial charge in [0, 0.05) is 16.2 Å². The van der Waals surface area contributed by atoms with Gasteiger partial charge in [-0.25, -0.2) is 0 Å². The van der Waals surface area contributed by atoms with Crippen molar-refractivity contribution in [3.63, 3.8) is 0 Å². The Morgan fingerprint density at radius 2 is 1.52 bits per heavy atom. The number of carbonyl (C=O) groups excluding carboxylic acids is 1. The molecule has 0 fully saturated rings. The zero-order valence-corrected chi connectivity index (χ0v) is 16.2. The predicted octanol–water partition coefficient (Wildman–Crippen LogP) is 6.86. The van der Waals surface area contributed by atoms with Gasteiger partial charge in [-0.2, -0.15) is 0 Å². The van der Waals surface area contributed by atoms with Crippen molar-refractivity contribution in [3.05, 3.63) is 109 Å². The summed E-state index contributed by atoms with van der Waals surface area (Å²) in [4.78, 5) is 13.2. The molecule has 3 heteroatoms. The predicted molar refractivity (Wildman–Crippen MR) is 112 cm³/mol. The third-order valence-corrected chi connectivity index (χ3v) is 6.29. The summed E-state index contributed by atoms with van der Waals surface area (Å²) in [5.41, 5.74) is -0.122. The molecule has 0 aliphatic rings. The number of rotatable bonds is 10. The Bertz CT molecular complexity index is 738. The monoisotopic (exact) mass is 354 g/mol. The third-order valence-electron chi connectivity index (χ3n) is 3.27.